The molecular weight excluding hydrogens is 338 g/mol. The molecule has 1 saturated heterocycles. The minimum absolute atomic E-state index is 0.156. The maximum absolute atomic E-state index is 13.0. The molecule has 2 fully saturated rings. The van der Waals surface area contributed by atoms with Gasteiger partial charge in [0.05, 0.1) is 14.2 Å². The van der Waals surface area contributed by atoms with Crippen LogP contribution < -0.4 is 20.1 Å². The van der Waals surface area contributed by atoms with Gasteiger partial charge in [-0.05, 0) is 44.4 Å². The van der Waals surface area contributed by atoms with Gasteiger partial charge in [0.25, 0.3) is 5.91 Å². The van der Waals surface area contributed by atoms with Crippen LogP contribution in [0.3, 0.4) is 0 Å². The van der Waals surface area contributed by atoms with Gasteiger partial charge < -0.3 is 20.1 Å². The fraction of sp³-hybridized carbons (Fsp3) is 0.500. The molecule has 4 amide bonds. The predicted octanol–water partition coefficient (Wildman–Crippen LogP) is 1.14. The molecule has 1 aliphatic carbocycles. The van der Waals surface area contributed by atoms with Gasteiger partial charge in [0.1, 0.15) is 11.6 Å². The molecule has 0 unspecified atom stereocenters. The van der Waals surface area contributed by atoms with E-state index in [4.69, 9.17) is 9.47 Å². The Labute approximate surface area is 151 Å². The summed E-state index contributed by atoms with van der Waals surface area (Å²) in [5.41, 5.74) is -0.740. The summed E-state index contributed by atoms with van der Waals surface area (Å²) in [5.74, 6) is 0.164. The van der Waals surface area contributed by atoms with Gasteiger partial charge in [-0.1, -0.05) is 6.07 Å². The molecule has 2 aliphatic rings. The van der Waals surface area contributed by atoms with Crippen molar-refractivity contribution in [3.8, 4) is 11.5 Å². The molecule has 1 heterocycles. The van der Waals surface area contributed by atoms with E-state index in [2.05, 4.69) is 10.6 Å². The quantitative estimate of drug-likeness (QED) is 0.741. The molecule has 1 aromatic rings. The maximum Gasteiger partial charge on any atom is 0.326 e. The first kappa shape index (κ1) is 18.0. The largest absolute Gasteiger partial charge is 0.493 e. The smallest absolute Gasteiger partial charge is 0.326 e. The normalized spacial score (nSPS) is 23.5. The van der Waals surface area contributed by atoms with Crippen molar-refractivity contribution in [2.24, 2.45) is 0 Å². The van der Waals surface area contributed by atoms with Gasteiger partial charge in [-0.25, -0.2) is 9.69 Å². The van der Waals surface area contributed by atoms with E-state index in [1.165, 1.54) is 14.2 Å². The molecular formula is C18H23N3O5. The van der Waals surface area contributed by atoms with Crippen LogP contribution in [-0.4, -0.2) is 49.0 Å². The average molecular weight is 361 g/mol. The van der Waals surface area contributed by atoms with Crippen LogP contribution in [0, 0.1) is 0 Å². The first-order valence-electron chi connectivity index (χ1n) is 8.50. The molecule has 0 bridgehead atoms. The van der Waals surface area contributed by atoms with Gasteiger partial charge in [0.2, 0.25) is 5.91 Å². The number of carbonyl (C=O) groups is 3. The molecule has 2 N–H and O–H groups in total. The topological polar surface area (TPSA) is 97.0 Å². The minimum Gasteiger partial charge on any atom is -0.493 e. The third-order valence-electron chi connectivity index (χ3n) is 4.87. The molecule has 26 heavy (non-hydrogen) atoms. The summed E-state index contributed by atoms with van der Waals surface area (Å²) in [6.07, 6.45) is 1.87. The summed E-state index contributed by atoms with van der Waals surface area (Å²) in [6.45, 7) is 3.16. The number of benzene rings is 1. The number of urea groups is 1. The molecule has 1 saturated carbocycles. The number of methoxy groups -OCH3 is 2. The van der Waals surface area contributed by atoms with E-state index in [0.29, 0.717) is 17.1 Å². The fourth-order valence-corrected chi connectivity index (χ4v) is 3.02. The van der Waals surface area contributed by atoms with Crippen LogP contribution >= 0.6 is 0 Å². The summed E-state index contributed by atoms with van der Waals surface area (Å²) in [4.78, 5) is 38.7. The van der Waals surface area contributed by atoms with Crippen LogP contribution in [0.15, 0.2) is 18.2 Å². The molecule has 0 radical (unpaired) electrons. The Kier molecular flexibility index (Phi) is 4.52. The highest BCUT2D eigenvalue weighted by Gasteiger charge is 2.52. The summed E-state index contributed by atoms with van der Waals surface area (Å²) in [7, 11) is 3.01. The van der Waals surface area contributed by atoms with Crippen LogP contribution in [0.1, 0.15) is 32.3 Å². The second-order valence-electron chi connectivity index (χ2n) is 6.76. The van der Waals surface area contributed by atoms with Gasteiger partial charge >= 0.3 is 6.03 Å². The zero-order valence-electron chi connectivity index (χ0n) is 15.3. The Bertz CT molecular complexity index is 761. The van der Waals surface area contributed by atoms with Crippen molar-refractivity contribution >= 4 is 17.8 Å². The Balaban J connectivity index is 1.87. The van der Waals surface area contributed by atoms with Crippen LogP contribution in [0.25, 0.3) is 0 Å². The average Bonchev–Trinajstić information content (AvgIpc) is 3.40. The lowest BCUT2D eigenvalue weighted by atomic mass is 9.91. The number of hydrogen-bond acceptors (Lipinski definition) is 5. The summed E-state index contributed by atoms with van der Waals surface area (Å²) >= 11 is 0. The van der Waals surface area contributed by atoms with E-state index in [9.17, 15) is 14.4 Å². The third-order valence-corrected chi connectivity index (χ3v) is 4.87. The third kappa shape index (κ3) is 2.95. The van der Waals surface area contributed by atoms with Crippen molar-refractivity contribution in [2.45, 2.75) is 44.3 Å². The van der Waals surface area contributed by atoms with Gasteiger partial charge in [-0.2, -0.15) is 0 Å². The number of nitrogens with one attached hydrogen (secondary N) is 2. The fourth-order valence-electron chi connectivity index (χ4n) is 3.02. The van der Waals surface area contributed by atoms with Gasteiger partial charge in [-0.15, -0.1) is 0 Å². The Morgan fingerprint density at radius 2 is 1.92 bits per heavy atom. The number of hydrogen-bond donors (Lipinski definition) is 2. The van der Waals surface area contributed by atoms with Crippen molar-refractivity contribution in [2.75, 3.05) is 14.2 Å². The van der Waals surface area contributed by atoms with Crippen molar-refractivity contribution in [1.29, 1.82) is 0 Å². The predicted molar refractivity (Wildman–Crippen MR) is 92.9 cm³/mol. The number of imide groups is 1. The highest BCUT2D eigenvalue weighted by atomic mass is 16.5. The molecule has 8 heteroatoms. The van der Waals surface area contributed by atoms with Crippen molar-refractivity contribution < 1.29 is 23.9 Å². The van der Waals surface area contributed by atoms with E-state index in [1.54, 1.807) is 32.0 Å². The van der Waals surface area contributed by atoms with Crippen LogP contribution in [0.2, 0.25) is 0 Å². The molecule has 140 valence electrons. The number of rotatable bonds is 6. The second kappa shape index (κ2) is 6.51. The second-order valence-corrected chi connectivity index (χ2v) is 6.76. The summed E-state index contributed by atoms with van der Waals surface area (Å²) < 4.78 is 10.5. The summed E-state index contributed by atoms with van der Waals surface area (Å²) in [5, 5.41) is 5.52. The van der Waals surface area contributed by atoms with Gasteiger partial charge in [0.15, 0.2) is 11.5 Å². The van der Waals surface area contributed by atoms with Crippen LogP contribution in [-0.2, 0) is 15.1 Å². The Hall–Kier alpha value is -2.77. The SMILES string of the molecule is COc1ccc([C@@]2(C)NC(=O)N([C@@H](C)C(=O)NC3CC3)C2=O)cc1OC. The number of ether oxygens (including phenoxy) is 2. The molecule has 0 spiro atoms. The van der Waals surface area contributed by atoms with E-state index in [-0.39, 0.29) is 11.9 Å². The molecule has 0 aromatic heterocycles. The standard InChI is InChI=1S/C18H23N3O5/c1-10(15(22)19-12-6-7-12)21-16(23)18(2,20-17(21)24)11-5-8-13(25-3)14(9-11)26-4/h5,8-10,12H,6-7H2,1-4H3,(H,19,22)(H,20,24)/t10-,18+/m0/s1. The Morgan fingerprint density at radius 3 is 2.50 bits per heavy atom. The zero-order valence-corrected chi connectivity index (χ0v) is 15.3. The molecule has 2 atom stereocenters. The van der Waals surface area contributed by atoms with Crippen LogP contribution in [0.4, 0.5) is 4.79 Å². The highest BCUT2D eigenvalue weighted by molar-refractivity contribution is 6.10. The lowest BCUT2D eigenvalue weighted by Crippen LogP contribution is -2.49. The van der Waals surface area contributed by atoms with E-state index >= 15 is 0 Å². The minimum atomic E-state index is -1.29. The van der Waals surface area contributed by atoms with Gasteiger partial charge in [0, 0.05) is 6.04 Å². The molecule has 1 aromatic carbocycles. The maximum atomic E-state index is 13.0. The lowest BCUT2D eigenvalue weighted by molar-refractivity contribution is -0.137. The van der Waals surface area contributed by atoms with E-state index in [0.717, 1.165) is 17.7 Å². The lowest BCUT2D eigenvalue weighted by Gasteiger charge is -2.25. The first-order valence-corrected chi connectivity index (χ1v) is 8.50. The number of amides is 4. The number of carbonyl (C=O) groups excluding carboxylic acids is 3. The van der Waals surface area contributed by atoms with Crippen molar-refractivity contribution in [3.05, 3.63) is 23.8 Å². The van der Waals surface area contributed by atoms with Crippen LogP contribution in [0.5, 0.6) is 11.5 Å². The molecule has 8 nitrogen and oxygen atoms in total. The van der Waals surface area contributed by atoms with Gasteiger partial charge in [-0.3, -0.25) is 9.59 Å². The highest BCUT2D eigenvalue weighted by Crippen LogP contribution is 2.36. The van der Waals surface area contributed by atoms with E-state index < -0.39 is 23.5 Å². The van der Waals surface area contributed by atoms with Crippen molar-refractivity contribution in [3.63, 3.8) is 0 Å². The zero-order chi connectivity index (χ0) is 19.1. The first-order chi connectivity index (χ1) is 12.3. The Morgan fingerprint density at radius 1 is 1.27 bits per heavy atom. The van der Waals surface area contributed by atoms with E-state index in [1.807, 2.05) is 0 Å². The number of nitrogens with zero attached hydrogens (tertiary/aromatic N) is 1. The monoisotopic (exact) mass is 361 g/mol. The molecule has 1 aliphatic heterocycles. The molecule has 3 rings (SSSR count). The summed E-state index contributed by atoms with van der Waals surface area (Å²) in [6, 6.07) is 3.69. The van der Waals surface area contributed by atoms with Crippen molar-refractivity contribution in [1.82, 2.24) is 15.5 Å².